The van der Waals surface area contributed by atoms with E-state index in [4.69, 9.17) is 10.5 Å². The molecule has 0 radical (unpaired) electrons. The first-order chi connectivity index (χ1) is 18.1. The lowest BCUT2D eigenvalue weighted by Crippen LogP contribution is -2.51. The van der Waals surface area contributed by atoms with E-state index in [1.165, 1.54) is 0 Å². The largest absolute Gasteiger partial charge is 0.444 e. The van der Waals surface area contributed by atoms with E-state index in [9.17, 15) is 32.3 Å². The molecule has 13 heteroatoms. The van der Waals surface area contributed by atoms with Crippen LogP contribution in [0.1, 0.15) is 68.3 Å². The third-order valence-electron chi connectivity index (χ3n) is 6.59. The number of nitrogens with one attached hydrogen (secondary N) is 3. The summed E-state index contributed by atoms with van der Waals surface area (Å²) in [5, 5.41) is 7.10. The molecule has 9 nitrogen and oxygen atoms in total. The number of anilines is 1. The zero-order valence-electron chi connectivity index (χ0n) is 22.0. The van der Waals surface area contributed by atoms with Gasteiger partial charge in [-0.05, 0) is 81.9 Å². The number of benzene rings is 1. The maximum absolute atomic E-state index is 15.2. The molecule has 2 aliphatic carbocycles. The molecular formula is C26H34F4N4O5. The number of alkyl halides is 3. The number of aldehydes is 1. The lowest BCUT2D eigenvalue weighted by Gasteiger charge is -2.29. The smallest absolute Gasteiger partial charge is 0.408 e. The van der Waals surface area contributed by atoms with E-state index < -0.39 is 66.2 Å². The van der Waals surface area contributed by atoms with Gasteiger partial charge in [0.05, 0.1) is 18.2 Å². The molecule has 5 N–H and O–H groups in total. The normalized spacial score (nSPS) is 17.3. The van der Waals surface area contributed by atoms with Gasteiger partial charge in [-0.2, -0.15) is 13.2 Å². The lowest BCUT2D eigenvalue weighted by molar-refractivity contribution is -0.125. The lowest BCUT2D eigenvalue weighted by atomic mass is 9.88. The highest BCUT2D eigenvalue weighted by molar-refractivity contribution is 6.00. The zero-order valence-corrected chi connectivity index (χ0v) is 22.0. The Morgan fingerprint density at radius 3 is 2.15 bits per heavy atom. The number of hydrogen-bond donors (Lipinski definition) is 4. The molecule has 0 saturated heterocycles. The quantitative estimate of drug-likeness (QED) is 0.228. The molecule has 0 heterocycles. The summed E-state index contributed by atoms with van der Waals surface area (Å²) in [7, 11) is 0. The van der Waals surface area contributed by atoms with Gasteiger partial charge in [-0.25, -0.2) is 9.18 Å². The van der Waals surface area contributed by atoms with Crippen molar-refractivity contribution in [2.24, 2.45) is 23.5 Å². The Kier molecular flexibility index (Phi) is 9.24. The SMILES string of the molecule is CC(C)(C)OC(=O)N[C@H](C(=O)Nc1cc(C(N)=O)c(C(C=O)CNCC(F)(F)F)cc1F)C(C1CC1)C1CC1. The van der Waals surface area contributed by atoms with Crippen molar-refractivity contribution in [3.05, 3.63) is 29.1 Å². The van der Waals surface area contributed by atoms with E-state index >= 15 is 4.39 Å². The van der Waals surface area contributed by atoms with Crippen molar-refractivity contribution in [3.8, 4) is 0 Å². The number of carbonyl (C=O) groups is 4. The Morgan fingerprint density at radius 1 is 1.10 bits per heavy atom. The minimum absolute atomic E-state index is 0.186. The molecule has 1 aromatic rings. The first-order valence-corrected chi connectivity index (χ1v) is 12.8. The number of carbonyl (C=O) groups excluding carboxylic acids is 4. The topological polar surface area (TPSA) is 140 Å². The van der Waals surface area contributed by atoms with Gasteiger partial charge in [0.25, 0.3) is 0 Å². The summed E-state index contributed by atoms with van der Waals surface area (Å²) in [6.45, 7) is 3.10. The molecule has 0 spiro atoms. The predicted molar refractivity (Wildman–Crippen MR) is 133 cm³/mol. The monoisotopic (exact) mass is 558 g/mol. The van der Waals surface area contributed by atoms with Crippen LogP contribution in [0.25, 0.3) is 0 Å². The van der Waals surface area contributed by atoms with Crippen LogP contribution in [0.5, 0.6) is 0 Å². The number of nitrogens with two attached hydrogens (primary N) is 1. The maximum atomic E-state index is 15.2. The van der Waals surface area contributed by atoms with Crippen LogP contribution in [0.2, 0.25) is 0 Å². The third kappa shape index (κ3) is 8.91. The van der Waals surface area contributed by atoms with Gasteiger partial charge in [0, 0.05) is 12.1 Å². The highest BCUT2D eigenvalue weighted by Crippen LogP contribution is 2.51. The molecule has 2 aliphatic rings. The summed E-state index contributed by atoms with van der Waals surface area (Å²) in [6.07, 6.45) is -1.49. The van der Waals surface area contributed by atoms with Crippen LogP contribution in [-0.4, -0.2) is 55.1 Å². The molecule has 1 aromatic carbocycles. The second kappa shape index (κ2) is 11.9. The van der Waals surface area contributed by atoms with Gasteiger partial charge in [0.2, 0.25) is 11.8 Å². The zero-order chi connectivity index (χ0) is 29.1. The Balaban J connectivity index is 1.86. The highest BCUT2D eigenvalue weighted by atomic mass is 19.4. The van der Waals surface area contributed by atoms with Crippen molar-refractivity contribution in [2.45, 2.75) is 70.2 Å². The fourth-order valence-electron chi connectivity index (χ4n) is 4.68. The Morgan fingerprint density at radius 2 is 1.69 bits per heavy atom. The third-order valence-corrected chi connectivity index (χ3v) is 6.59. The average molecular weight is 559 g/mol. The van der Waals surface area contributed by atoms with E-state index in [0.717, 1.165) is 37.8 Å². The van der Waals surface area contributed by atoms with Crippen LogP contribution in [0.15, 0.2) is 12.1 Å². The fraction of sp³-hybridized carbons (Fsp3) is 0.615. The van der Waals surface area contributed by atoms with Gasteiger partial charge < -0.3 is 31.2 Å². The Hall–Kier alpha value is -3.22. The number of alkyl carbamates (subject to hydrolysis) is 1. The van der Waals surface area contributed by atoms with Gasteiger partial charge >= 0.3 is 12.3 Å². The van der Waals surface area contributed by atoms with E-state index in [2.05, 4.69) is 10.6 Å². The number of ether oxygens (including phenoxy) is 1. The van der Waals surface area contributed by atoms with Crippen LogP contribution in [0.4, 0.5) is 28.0 Å². The van der Waals surface area contributed by atoms with Crippen LogP contribution >= 0.6 is 0 Å². The number of amides is 3. The molecule has 2 atom stereocenters. The van der Waals surface area contributed by atoms with E-state index in [0.29, 0.717) is 0 Å². The Bertz CT molecular complexity index is 1090. The average Bonchev–Trinajstić information content (AvgIpc) is 3.70. The van der Waals surface area contributed by atoms with Gasteiger partial charge in [-0.3, -0.25) is 9.59 Å². The van der Waals surface area contributed by atoms with Gasteiger partial charge in [0.1, 0.15) is 23.7 Å². The first-order valence-electron chi connectivity index (χ1n) is 12.8. The molecule has 0 aromatic heterocycles. The number of primary amides is 1. The van der Waals surface area contributed by atoms with Crippen molar-refractivity contribution in [2.75, 3.05) is 18.4 Å². The first kappa shape index (κ1) is 30.3. The number of halogens is 4. The van der Waals surface area contributed by atoms with Crippen molar-refractivity contribution in [1.29, 1.82) is 0 Å². The number of rotatable bonds is 12. The molecule has 2 fully saturated rings. The summed E-state index contributed by atoms with van der Waals surface area (Å²) in [4.78, 5) is 49.7. The van der Waals surface area contributed by atoms with Gasteiger partial charge in [-0.15, -0.1) is 0 Å². The van der Waals surface area contributed by atoms with Crippen LogP contribution < -0.4 is 21.7 Å². The van der Waals surface area contributed by atoms with Crippen molar-refractivity contribution < 1.29 is 41.5 Å². The van der Waals surface area contributed by atoms with Crippen molar-refractivity contribution in [3.63, 3.8) is 0 Å². The molecule has 0 aliphatic heterocycles. The number of hydrogen-bond acceptors (Lipinski definition) is 6. The van der Waals surface area contributed by atoms with Crippen LogP contribution in [-0.2, 0) is 14.3 Å². The van der Waals surface area contributed by atoms with E-state index in [-0.39, 0.29) is 35.2 Å². The Labute approximate surface area is 223 Å². The van der Waals surface area contributed by atoms with Crippen LogP contribution in [0.3, 0.4) is 0 Å². The highest BCUT2D eigenvalue weighted by Gasteiger charge is 2.48. The molecule has 39 heavy (non-hydrogen) atoms. The minimum Gasteiger partial charge on any atom is -0.444 e. The van der Waals surface area contributed by atoms with Gasteiger partial charge in [-0.1, -0.05) is 0 Å². The fourth-order valence-corrected chi connectivity index (χ4v) is 4.68. The second-order valence-electron chi connectivity index (χ2n) is 11.1. The van der Waals surface area contributed by atoms with Crippen molar-refractivity contribution in [1.82, 2.24) is 10.6 Å². The molecule has 2 saturated carbocycles. The summed E-state index contributed by atoms with van der Waals surface area (Å²) in [6, 6.07) is 0.698. The summed E-state index contributed by atoms with van der Waals surface area (Å²) in [5.41, 5.74) is 3.62. The summed E-state index contributed by atoms with van der Waals surface area (Å²) in [5.74, 6) is -3.88. The molecule has 3 amide bonds. The molecule has 0 bridgehead atoms. The van der Waals surface area contributed by atoms with Crippen LogP contribution in [0, 0.1) is 23.6 Å². The second-order valence-corrected chi connectivity index (χ2v) is 11.1. The van der Waals surface area contributed by atoms with Crippen molar-refractivity contribution >= 4 is 29.9 Å². The molecule has 216 valence electrons. The standard InChI is InChI=1S/C26H34F4N4O5/c1-25(2,3)39-24(38)34-21(20(13-4-5-13)14-6-7-14)23(37)33-19-9-17(22(31)36)16(8-18(19)27)15(11-35)10-32-12-26(28,29)30/h8-9,11,13-15,20-21,32H,4-7,10,12H2,1-3H3,(H2,31,36)(H,33,37)(H,34,38)/t15?,21-/m0/s1. The molecular weight excluding hydrogens is 524 g/mol. The van der Waals surface area contributed by atoms with E-state index in [1.807, 2.05) is 5.32 Å². The molecule has 3 rings (SSSR count). The summed E-state index contributed by atoms with van der Waals surface area (Å²) >= 11 is 0. The minimum atomic E-state index is -4.54. The van der Waals surface area contributed by atoms with E-state index in [1.54, 1.807) is 20.8 Å². The summed E-state index contributed by atoms with van der Waals surface area (Å²) < 4.78 is 58.0. The van der Waals surface area contributed by atoms with Gasteiger partial charge in [0.15, 0.2) is 0 Å². The predicted octanol–water partition coefficient (Wildman–Crippen LogP) is 3.63. The molecule has 1 unspecified atom stereocenters. The maximum Gasteiger partial charge on any atom is 0.408 e.